The molecule has 1 saturated carbocycles. The van der Waals surface area contributed by atoms with Crippen molar-refractivity contribution in [3.05, 3.63) is 23.4 Å². The van der Waals surface area contributed by atoms with E-state index in [9.17, 15) is 4.79 Å². The zero-order chi connectivity index (χ0) is 15.2. The van der Waals surface area contributed by atoms with Gasteiger partial charge in [-0.05, 0) is 36.8 Å². The number of carbonyl (C=O) groups is 1. The van der Waals surface area contributed by atoms with Gasteiger partial charge in [-0.15, -0.1) is 0 Å². The molecule has 21 heavy (non-hydrogen) atoms. The number of anilines is 1. The summed E-state index contributed by atoms with van der Waals surface area (Å²) < 4.78 is 0. The van der Waals surface area contributed by atoms with E-state index in [-0.39, 0.29) is 5.91 Å². The van der Waals surface area contributed by atoms with Gasteiger partial charge in [0, 0.05) is 24.8 Å². The molecule has 1 aromatic rings. The molecule has 2 rings (SSSR count). The topological polar surface area (TPSA) is 54.0 Å². The van der Waals surface area contributed by atoms with Gasteiger partial charge in [-0.3, -0.25) is 4.79 Å². The zero-order valence-corrected chi connectivity index (χ0v) is 13.4. The number of nitrogens with one attached hydrogen (secondary N) is 2. The van der Waals surface area contributed by atoms with Crippen molar-refractivity contribution in [3.8, 4) is 0 Å². The van der Waals surface area contributed by atoms with Crippen molar-refractivity contribution in [1.82, 2.24) is 10.3 Å². The molecule has 0 aliphatic heterocycles. The highest BCUT2D eigenvalue weighted by atomic mass is 16.1. The van der Waals surface area contributed by atoms with Crippen molar-refractivity contribution in [3.63, 3.8) is 0 Å². The molecule has 4 heteroatoms. The van der Waals surface area contributed by atoms with Crippen LogP contribution in [0.2, 0.25) is 0 Å². The van der Waals surface area contributed by atoms with E-state index in [1.807, 2.05) is 19.2 Å². The van der Waals surface area contributed by atoms with E-state index in [1.165, 1.54) is 32.1 Å². The number of rotatable bonds is 5. The van der Waals surface area contributed by atoms with Crippen molar-refractivity contribution in [2.45, 2.75) is 51.9 Å². The highest BCUT2D eigenvalue weighted by Crippen LogP contribution is 2.23. The summed E-state index contributed by atoms with van der Waals surface area (Å²) >= 11 is 0. The van der Waals surface area contributed by atoms with Gasteiger partial charge in [-0.2, -0.15) is 0 Å². The van der Waals surface area contributed by atoms with Crippen LogP contribution >= 0.6 is 0 Å². The van der Waals surface area contributed by atoms with Crippen molar-refractivity contribution in [2.75, 3.05) is 18.9 Å². The van der Waals surface area contributed by atoms with Crippen LogP contribution in [0.5, 0.6) is 0 Å². The van der Waals surface area contributed by atoms with E-state index in [2.05, 4.69) is 29.5 Å². The van der Waals surface area contributed by atoms with Crippen molar-refractivity contribution in [1.29, 1.82) is 0 Å². The Morgan fingerprint density at radius 3 is 2.62 bits per heavy atom. The zero-order valence-electron chi connectivity index (χ0n) is 13.4. The standard InChI is InChI=1S/C17H27N3O/c1-12(2)15-9-14(10-16(18-3)20-15)17(21)19-11-13-7-5-4-6-8-13/h9-10,12-13H,4-8,11H2,1-3H3,(H,18,20)(H,19,21). The van der Waals surface area contributed by atoms with Crippen LogP contribution in [0.3, 0.4) is 0 Å². The van der Waals surface area contributed by atoms with Crippen molar-refractivity contribution in [2.24, 2.45) is 5.92 Å². The Balaban J connectivity index is 2.02. The Bertz CT molecular complexity index is 479. The number of aromatic nitrogens is 1. The molecule has 0 radical (unpaired) electrons. The summed E-state index contributed by atoms with van der Waals surface area (Å²) in [6, 6.07) is 3.73. The maximum Gasteiger partial charge on any atom is 0.251 e. The van der Waals surface area contributed by atoms with E-state index in [0.717, 1.165) is 18.1 Å². The van der Waals surface area contributed by atoms with E-state index in [0.29, 0.717) is 17.4 Å². The summed E-state index contributed by atoms with van der Waals surface area (Å²) in [6.45, 7) is 4.98. The minimum Gasteiger partial charge on any atom is -0.373 e. The Hall–Kier alpha value is -1.58. The summed E-state index contributed by atoms with van der Waals surface area (Å²) in [6.07, 6.45) is 6.44. The lowest BCUT2D eigenvalue weighted by atomic mass is 9.89. The third-order valence-electron chi connectivity index (χ3n) is 4.23. The summed E-state index contributed by atoms with van der Waals surface area (Å²) in [4.78, 5) is 16.9. The number of nitrogens with zero attached hydrogens (tertiary/aromatic N) is 1. The molecule has 116 valence electrons. The molecule has 0 aromatic carbocycles. The van der Waals surface area contributed by atoms with Gasteiger partial charge in [0.1, 0.15) is 5.82 Å². The summed E-state index contributed by atoms with van der Waals surface area (Å²) in [5, 5.41) is 6.12. The Labute approximate surface area is 127 Å². The molecule has 1 heterocycles. The van der Waals surface area contributed by atoms with Crippen LogP contribution in [0, 0.1) is 5.92 Å². The van der Waals surface area contributed by atoms with Crippen LogP contribution < -0.4 is 10.6 Å². The molecular weight excluding hydrogens is 262 g/mol. The van der Waals surface area contributed by atoms with Crippen molar-refractivity contribution >= 4 is 11.7 Å². The monoisotopic (exact) mass is 289 g/mol. The van der Waals surface area contributed by atoms with Crippen LogP contribution in [0.4, 0.5) is 5.82 Å². The van der Waals surface area contributed by atoms with Gasteiger partial charge in [-0.25, -0.2) is 4.98 Å². The quantitative estimate of drug-likeness (QED) is 0.871. The van der Waals surface area contributed by atoms with E-state index < -0.39 is 0 Å². The van der Waals surface area contributed by atoms with Crippen LogP contribution in [0.15, 0.2) is 12.1 Å². The van der Waals surface area contributed by atoms with Gasteiger partial charge in [-0.1, -0.05) is 33.1 Å². The van der Waals surface area contributed by atoms with Crippen LogP contribution in [0.1, 0.15) is 67.9 Å². The summed E-state index contributed by atoms with van der Waals surface area (Å²) in [5.41, 5.74) is 1.65. The second-order valence-corrected chi connectivity index (χ2v) is 6.28. The Morgan fingerprint density at radius 1 is 1.29 bits per heavy atom. The highest BCUT2D eigenvalue weighted by molar-refractivity contribution is 5.95. The summed E-state index contributed by atoms with van der Waals surface area (Å²) in [5.74, 6) is 1.73. The van der Waals surface area contributed by atoms with Gasteiger partial charge in [0.2, 0.25) is 0 Å². The predicted octanol–water partition coefficient (Wildman–Crippen LogP) is 3.56. The third kappa shape index (κ3) is 4.45. The number of pyridine rings is 1. The lowest BCUT2D eigenvalue weighted by molar-refractivity contribution is 0.0943. The largest absolute Gasteiger partial charge is 0.373 e. The van der Waals surface area contributed by atoms with Gasteiger partial charge < -0.3 is 10.6 Å². The molecule has 0 saturated heterocycles. The molecule has 1 aliphatic rings. The first-order valence-electron chi connectivity index (χ1n) is 8.08. The number of hydrogen-bond acceptors (Lipinski definition) is 3. The first-order chi connectivity index (χ1) is 10.1. The molecule has 2 N–H and O–H groups in total. The van der Waals surface area contributed by atoms with E-state index in [4.69, 9.17) is 0 Å². The second-order valence-electron chi connectivity index (χ2n) is 6.28. The smallest absolute Gasteiger partial charge is 0.251 e. The predicted molar refractivity (Wildman–Crippen MR) is 86.8 cm³/mol. The first kappa shape index (κ1) is 15.8. The molecule has 0 bridgehead atoms. The van der Waals surface area contributed by atoms with E-state index >= 15 is 0 Å². The molecule has 1 aromatic heterocycles. The normalized spacial score (nSPS) is 16.0. The molecular formula is C17H27N3O. The fourth-order valence-corrected chi connectivity index (χ4v) is 2.84. The van der Waals surface area contributed by atoms with Gasteiger partial charge in [0.25, 0.3) is 5.91 Å². The first-order valence-corrected chi connectivity index (χ1v) is 8.08. The third-order valence-corrected chi connectivity index (χ3v) is 4.23. The Kier molecular flexibility index (Phi) is 5.59. The van der Waals surface area contributed by atoms with E-state index in [1.54, 1.807) is 0 Å². The van der Waals surface area contributed by atoms with Crippen LogP contribution in [-0.2, 0) is 0 Å². The number of amides is 1. The molecule has 1 fully saturated rings. The minimum absolute atomic E-state index is 0.0152. The molecule has 0 spiro atoms. The molecule has 0 atom stereocenters. The van der Waals surface area contributed by atoms with Crippen molar-refractivity contribution < 1.29 is 4.79 Å². The lowest BCUT2D eigenvalue weighted by Gasteiger charge is -2.21. The molecule has 1 amide bonds. The maximum absolute atomic E-state index is 12.4. The fraction of sp³-hybridized carbons (Fsp3) is 0.647. The fourth-order valence-electron chi connectivity index (χ4n) is 2.84. The molecule has 4 nitrogen and oxygen atoms in total. The van der Waals surface area contributed by atoms with Crippen LogP contribution in [-0.4, -0.2) is 24.5 Å². The minimum atomic E-state index is 0.0152. The Morgan fingerprint density at radius 2 is 2.00 bits per heavy atom. The molecule has 0 unspecified atom stereocenters. The van der Waals surface area contributed by atoms with Gasteiger partial charge in [0.15, 0.2) is 0 Å². The number of hydrogen-bond donors (Lipinski definition) is 2. The average Bonchev–Trinajstić information content (AvgIpc) is 2.53. The SMILES string of the molecule is CNc1cc(C(=O)NCC2CCCCC2)cc(C(C)C)n1. The van der Waals surface area contributed by atoms with Gasteiger partial charge >= 0.3 is 0 Å². The second kappa shape index (κ2) is 7.43. The van der Waals surface area contributed by atoms with Gasteiger partial charge in [0.05, 0.1) is 0 Å². The maximum atomic E-state index is 12.4. The average molecular weight is 289 g/mol. The summed E-state index contributed by atoms with van der Waals surface area (Å²) in [7, 11) is 1.83. The lowest BCUT2D eigenvalue weighted by Crippen LogP contribution is -2.30. The van der Waals surface area contributed by atoms with Crippen LogP contribution in [0.25, 0.3) is 0 Å². The number of carbonyl (C=O) groups excluding carboxylic acids is 1. The molecule has 1 aliphatic carbocycles. The highest BCUT2D eigenvalue weighted by Gasteiger charge is 2.16.